The molecule has 1 aliphatic carbocycles. The number of rotatable bonds is 6. The lowest BCUT2D eigenvalue weighted by Gasteiger charge is -2.25. The van der Waals surface area contributed by atoms with E-state index in [-0.39, 0.29) is 0 Å². The van der Waals surface area contributed by atoms with Crippen LogP contribution < -0.4 is 5.73 Å². The number of hydrogen-bond donors (Lipinski definition) is 2. The molecule has 0 aromatic carbocycles. The molecular formula is C16H25N5O. The fourth-order valence-corrected chi connectivity index (χ4v) is 3.96. The zero-order chi connectivity index (χ0) is 15.5. The summed E-state index contributed by atoms with van der Waals surface area (Å²) in [6.07, 6.45) is 9.27. The lowest BCUT2D eigenvalue weighted by atomic mass is 9.82. The van der Waals surface area contributed by atoms with Crippen LogP contribution >= 0.6 is 0 Å². The third-order valence-electron chi connectivity index (χ3n) is 5.20. The van der Waals surface area contributed by atoms with Crippen LogP contribution in [-0.2, 0) is 6.54 Å². The summed E-state index contributed by atoms with van der Waals surface area (Å²) in [7, 11) is 0. The molecule has 0 amide bonds. The van der Waals surface area contributed by atoms with Crippen molar-refractivity contribution in [3.8, 4) is 0 Å². The van der Waals surface area contributed by atoms with Crippen molar-refractivity contribution in [1.82, 2.24) is 19.5 Å². The third kappa shape index (κ3) is 2.92. The van der Waals surface area contributed by atoms with Crippen molar-refractivity contribution in [2.75, 3.05) is 12.3 Å². The molecule has 3 unspecified atom stereocenters. The van der Waals surface area contributed by atoms with Gasteiger partial charge in [-0.25, -0.2) is 15.0 Å². The van der Waals surface area contributed by atoms with Crippen molar-refractivity contribution in [2.24, 2.45) is 17.8 Å². The molecule has 3 rings (SSSR count). The van der Waals surface area contributed by atoms with Crippen LogP contribution in [0.3, 0.4) is 0 Å². The predicted molar refractivity (Wildman–Crippen MR) is 86.1 cm³/mol. The second-order valence-corrected chi connectivity index (χ2v) is 6.50. The van der Waals surface area contributed by atoms with Gasteiger partial charge >= 0.3 is 0 Å². The summed E-state index contributed by atoms with van der Waals surface area (Å²) in [5.41, 5.74) is 7.35. The molecular weight excluding hydrogens is 278 g/mol. The van der Waals surface area contributed by atoms with E-state index in [9.17, 15) is 0 Å². The van der Waals surface area contributed by atoms with Crippen LogP contribution in [0.2, 0.25) is 0 Å². The molecule has 0 bridgehead atoms. The number of imidazole rings is 1. The Balaban J connectivity index is 1.67. The van der Waals surface area contributed by atoms with Gasteiger partial charge in [0.15, 0.2) is 11.5 Å². The molecule has 0 radical (unpaired) electrons. The Kier molecular flexibility index (Phi) is 4.57. The molecule has 0 saturated heterocycles. The highest BCUT2D eigenvalue weighted by molar-refractivity contribution is 5.80. The monoisotopic (exact) mass is 303 g/mol. The van der Waals surface area contributed by atoms with E-state index in [2.05, 4.69) is 26.4 Å². The number of anilines is 1. The molecule has 2 aromatic heterocycles. The number of aryl methyl sites for hydroxylation is 1. The first-order valence-corrected chi connectivity index (χ1v) is 8.23. The molecule has 2 aromatic rings. The van der Waals surface area contributed by atoms with E-state index >= 15 is 0 Å². The van der Waals surface area contributed by atoms with Crippen LogP contribution in [0, 0.1) is 17.8 Å². The van der Waals surface area contributed by atoms with E-state index < -0.39 is 0 Å². The summed E-state index contributed by atoms with van der Waals surface area (Å²) in [6.45, 7) is 3.49. The first kappa shape index (κ1) is 15.2. The van der Waals surface area contributed by atoms with Gasteiger partial charge in [-0.1, -0.05) is 19.8 Å². The van der Waals surface area contributed by atoms with Gasteiger partial charge in [-0.05, 0) is 37.0 Å². The van der Waals surface area contributed by atoms with Crippen LogP contribution in [0.1, 0.15) is 39.0 Å². The SMILES string of the molecule is CC(CCO)C1CCCC1CCn1cnc2c(N)ncnc21. The first-order valence-electron chi connectivity index (χ1n) is 8.23. The Morgan fingerprint density at radius 2 is 2.23 bits per heavy atom. The molecule has 1 saturated carbocycles. The quantitative estimate of drug-likeness (QED) is 0.854. The van der Waals surface area contributed by atoms with Crippen LogP contribution in [0.5, 0.6) is 0 Å². The molecule has 0 aliphatic heterocycles. The maximum atomic E-state index is 9.17. The predicted octanol–water partition coefficient (Wildman–Crippen LogP) is 2.23. The minimum absolute atomic E-state index is 0.298. The van der Waals surface area contributed by atoms with Crippen LogP contribution in [0.25, 0.3) is 11.2 Å². The Morgan fingerprint density at radius 1 is 1.36 bits per heavy atom. The van der Waals surface area contributed by atoms with Crippen molar-refractivity contribution in [3.63, 3.8) is 0 Å². The highest BCUT2D eigenvalue weighted by Crippen LogP contribution is 2.40. The number of fused-ring (bicyclic) bond motifs is 1. The molecule has 3 atom stereocenters. The van der Waals surface area contributed by atoms with E-state index in [1.807, 2.05) is 6.33 Å². The summed E-state index contributed by atoms with van der Waals surface area (Å²) in [4.78, 5) is 12.6. The van der Waals surface area contributed by atoms with Gasteiger partial charge in [0.25, 0.3) is 0 Å². The number of nitrogen functional groups attached to an aromatic ring is 1. The lowest BCUT2D eigenvalue weighted by Crippen LogP contribution is -2.19. The third-order valence-corrected chi connectivity index (χ3v) is 5.20. The molecule has 120 valence electrons. The summed E-state index contributed by atoms with van der Waals surface area (Å²) in [5.74, 6) is 2.52. The topological polar surface area (TPSA) is 89.8 Å². The largest absolute Gasteiger partial charge is 0.396 e. The molecule has 22 heavy (non-hydrogen) atoms. The van der Waals surface area contributed by atoms with E-state index in [4.69, 9.17) is 10.8 Å². The van der Waals surface area contributed by atoms with Crippen LogP contribution in [0.4, 0.5) is 5.82 Å². The fourth-order valence-electron chi connectivity index (χ4n) is 3.96. The normalized spacial score (nSPS) is 23.2. The van der Waals surface area contributed by atoms with Crippen molar-refractivity contribution in [2.45, 2.75) is 45.6 Å². The molecule has 1 fully saturated rings. The van der Waals surface area contributed by atoms with Gasteiger partial charge in [0.2, 0.25) is 0 Å². The van der Waals surface area contributed by atoms with Crippen LogP contribution in [0.15, 0.2) is 12.7 Å². The minimum Gasteiger partial charge on any atom is -0.396 e. The molecule has 0 spiro atoms. The van der Waals surface area contributed by atoms with Crippen LogP contribution in [-0.4, -0.2) is 31.2 Å². The van der Waals surface area contributed by atoms with Crippen molar-refractivity contribution >= 4 is 17.0 Å². The van der Waals surface area contributed by atoms with Crippen molar-refractivity contribution < 1.29 is 5.11 Å². The van der Waals surface area contributed by atoms with Crippen molar-refractivity contribution in [3.05, 3.63) is 12.7 Å². The zero-order valence-corrected chi connectivity index (χ0v) is 13.1. The summed E-state index contributed by atoms with van der Waals surface area (Å²) < 4.78 is 2.08. The molecule has 1 aliphatic rings. The molecule has 2 heterocycles. The zero-order valence-electron chi connectivity index (χ0n) is 13.1. The Labute approximate surface area is 130 Å². The smallest absolute Gasteiger partial charge is 0.165 e. The highest BCUT2D eigenvalue weighted by atomic mass is 16.3. The highest BCUT2D eigenvalue weighted by Gasteiger charge is 2.30. The number of nitrogens with zero attached hydrogens (tertiary/aromatic N) is 4. The lowest BCUT2D eigenvalue weighted by molar-refractivity contribution is 0.196. The summed E-state index contributed by atoms with van der Waals surface area (Å²) in [6, 6.07) is 0. The number of nitrogens with two attached hydrogens (primary N) is 1. The van der Waals surface area contributed by atoms with E-state index in [0.717, 1.165) is 36.9 Å². The Bertz CT molecular complexity index is 626. The average molecular weight is 303 g/mol. The molecule has 3 N–H and O–H groups in total. The van der Waals surface area contributed by atoms with E-state index in [0.29, 0.717) is 23.9 Å². The van der Waals surface area contributed by atoms with Gasteiger partial charge in [0.05, 0.1) is 6.33 Å². The number of hydrogen-bond acceptors (Lipinski definition) is 5. The summed E-state index contributed by atoms with van der Waals surface area (Å²) >= 11 is 0. The van der Waals surface area contributed by atoms with Gasteiger partial charge in [-0.3, -0.25) is 0 Å². The second-order valence-electron chi connectivity index (χ2n) is 6.50. The maximum Gasteiger partial charge on any atom is 0.165 e. The molecule has 6 heteroatoms. The van der Waals surface area contributed by atoms with Gasteiger partial charge in [-0.2, -0.15) is 0 Å². The van der Waals surface area contributed by atoms with E-state index in [1.54, 1.807) is 0 Å². The van der Waals surface area contributed by atoms with Gasteiger partial charge in [0.1, 0.15) is 11.8 Å². The van der Waals surface area contributed by atoms with Gasteiger partial charge in [0, 0.05) is 13.2 Å². The Hall–Kier alpha value is -1.69. The second kappa shape index (κ2) is 6.60. The number of aliphatic hydroxyl groups is 1. The fraction of sp³-hybridized carbons (Fsp3) is 0.688. The van der Waals surface area contributed by atoms with Crippen molar-refractivity contribution in [1.29, 1.82) is 0 Å². The number of aromatic nitrogens is 4. The average Bonchev–Trinajstić information content (AvgIpc) is 3.12. The van der Waals surface area contributed by atoms with E-state index in [1.165, 1.54) is 25.6 Å². The first-order chi connectivity index (χ1) is 10.7. The van der Waals surface area contributed by atoms with Gasteiger partial charge < -0.3 is 15.4 Å². The maximum absolute atomic E-state index is 9.17. The summed E-state index contributed by atoms with van der Waals surface area (Å²) in [5, 5.41) is 9.17. The Morgan fingerprint density at radius 3 is 3.05 bits per heavy atom. The number of aliphatic hydroxyl groups excluding tert-OH is 1. The minimum atomic E-state index is 0.298. The molecule has 6 nitrogen and oxygen atoms in total. The standard InChI is InChI=1S/C16H25N5O/c1-11(6-8-22)13-4-2-3-12(13)5-7-21-10-20-14-15(17)18-9-19-16(14)21/h9-13,22H,2-8H2,1H3,(H2,17,18,19). The van der Waals surface area contributed by atoms with Gasteiger partial charge in [-0.15, -0.1) is 0 Å².